The molecule has 0 aliphatic rings. The lowest BCUT2D eigenvalue weighted by molar-refractivity contribution is 0.587. The number of thiophene rings is 2. The fraction of sp³-hybridized carbons (Fsp3) is 0.273. The molecule has 0 aliphatic carbocycles. The van der Waals surface area contributed by atoms with E-state index in [2.05, 4.69) is 29.8 Å². The Morgan fingerprint density at radius 2 is 2.33 bits per heavy atom. The topological polar surface area (TPSA) is 12.0 Å². The average molecular weight is 258 g/mol. The largest absolute Gasteiger partial charge is 0.305 e. The van der Waals surface area contributed by atoms with Crippen molar-refractivity contribution in [2.75, 3.05) is 0 Å². The zero-order valence-electron chi connectivity index (χ0n) is 8.37. The Hall–Kier alpha value is -0.350. The van der Waals surface area contributed by atoms with E-state index in [9.17, 15) is 0 Å². The third-order valence-electron chi connectivity index (χ3n) is 2.17. The van der Waals surface area contributed by atoms with Crippen LogP contribution in [0.3, 0.4) is 0 Å². The molecule has 4 heteroatoms. The lowest BCUT2D eigenvalue weighted by Crippen LogP contribution is -2.16. The van der Waals surface area contributed by atoms with E-state index in [0.29, 0.717) is 6.04 Å². The van der Waals surface area contributed by atoms with Gasteiger partial charge in [0.05, 0.1) is 5.02 Å². The lowest BCUT2D eigenvalue weighted by Gasteiger charge is -2.10. The summed E-state index contributed by atoms with van der Waals surface area (Å²) in [5, 5.41) is 8.38. The third-order valence-corrected chi connectivity index (χ3v) is 4.51. The van der Waals surface area contributed by atoms with E-state index in [1.54, 1.807) is 22.7 Å². The highest BCUT2D eigenvalue weighted by molar-refractivity contribution is 7.10. The molecule has 15 heavy (non-hydrogen) atoms. The van der Waals surface area contributed by atoms with Gasteiger partial charge >= 0.3 is 0 Å². The van der Waals surface area contributed by atoms with Crippen LogP contribution in [0.5, 0.6) is 0 Å². The summed E-state index contributed by atoms with van der Waals surface area (Å²) in [6, 6.07) is 6.66. The zero-order chi connectivity index (χ0) is 10.7. The smallest absolute Gasteiger partial charge is 0.0516 e. The van der Waals surface area contributed by atoms with Crippen molar-refractivity contribution >= 4 is 34.3 Å². The minimum atomic E-state index is 0.408. The molecule has 2 aromatic heterocycles. The molecule has 0 amide bonds. The normalized spacial score (nSPS) is 12.9. The van der Waals surface area contributed by atoms with Crippen LogP contribution >= 0.6 is 34.3 Å². The molecule has 1 nitrogen and oxygen atoms in total. The number of nitrogens with one attached hydrogen (secondary N) is 1. The van der Waals surface area contributed by atoms with Crippen molar-refractivity contribution in [1.29, 1.82) is 0 Å². The fourth-order valence-corrected chi connectivity index (χ4v) is 3.12. The summed E-state index contributed by atoms with van der Waals surface area (Å²) in [5.74, 6) is 0. The van der Waals surface area contributed by atoms with Crippen molar-refractivity contribution in [1.82, 2.24) is 5.32 Å². The Morgan fingerprint density at radius 3 is 2.93 bits per heavy atom. The highest BCUT2D eigenvalue weighted by atomic mass is 35.5. The van der Waals surface area contributed by atoms with Crippen LogP contribution in [0.1, 0.15) is 22.7 Å². The molecule has 2 aromatic rings. The zero-order valence-corrected chi connectivity index (χ0v) is 10.8. The second-order valence-corrected chi connectivity index (χ2v) is 5.76. The van der Waals surface area contributed by atoms with Gasteiger partial charge in [-0.05, 0) is 24.4 Å². The SMILES string of the molecule is C[C@H](NCc1cc(Cl)cs1)c1cccs1. The summed E-state index contributed by atoms with van der Waals surface area (Å²) in [6.07, 6.45) is 0. The molecule has 0 aromatic carbocycles. The summed E-state index contributed by atoms with van der Waals surface area (Å²) in [7, 11) is 0. The Balaban J connectivity index is 1.88. The van der Waals surface area contributed by atoms with Crippen molar-refractivity contribution < 1.29 is 0 Å². The Bertz CT molecular complexity index is 408. The Morgan fingerprint density at radius 1 is 1.47 bits per heavy atom. The summed E-state index contributed by atoms with van der Waals surface area (Å²) >= 11 is 9.34. The quantitative estimate of drug-likeness (QED) is 0.861. The number of rotatable bonds is 4. The maximum absolute atomic E-state index is 5.86. The predicted molar refractivity (Wildman–Crippen MR) is 68.9 cm³/mol. The number of hydrogen-bond acceptors (Lipinski definition) is 3. The first-order valence-electron chi connectivity index (χ1n) is 4.75. The molecule has 0 saturated carbocycles. The van der Waals surface area contributed by atoms with E-state index < -0.39 is 0 Å². The lowest BCUT2D eigenvalue weighted by atomic mass is 10.3. The fourth-order valence-electron chi connectivity index (χ4n) is 1.34. The first kappa shape index (κ1) is 11.1. The first-order valence-corrected chi connectivity index (χ1v) is 6.89. The van der Waals surface area contributed by atoms with Crippen LogP contribution in [-0.4, -0.2) is 0 Å². The van der Waals surface area contributed by atoms with Gasteiger partial charge in [-0.1, -0.05) is 17.7 Å². The van der Waals surface area contributed by atoms with Crippen molar-refractivity contribution in [2.24, 2.45) is 0 Å². The Kier molecular flexibility index (Phi) is 3.81. The Labute approximate surface area is 103 Å². The predicted octanol–water partition coefficient (Wildman–Crippen LogP) is 4.31. The van der Waals surface area contributed by atoms with Gasteiger partial charge in [-0.15, -0.1) is 22.7 Å². The molecule has 0 fully saturated rings. The molecule has 2 heterocycles. The molecule has 1 atom stereocenters. The molecular weight excluding hydrogens is 246 g/mol. The standard InChI is InChI=1S/C11H12ClNS2/c1-8(11-3-2-4-14-11)13-6-10-5-9(12)7-15-10/h2-5,7-8,13H,6H2,1H3/t8-/m0/s1. The van der Waals surface area contributed by atoms with Crippen LogP contribution in [0.2, 0.25) is 5.02 Å². The second-order valence-electron chi connectivity index (χ2n) is 3.35. The summed E-state index contributed by atoms with van der Waals surface area (Å²) in [6.45, 7) is 3.07. The summed E-state index contributed by atoms with van der Waals surface area (Å²) < 4.78 is 0. The van der Waals surface area contributed by atoms with E-state index in [1.165, 1.54) is 9.75 Å². The first-order chi connectivity index (χ1) is 7.25. The van der Waals surface area contributed by atoms with Crippen molar-refractivity contribution in [3.63, 3.8) is 0 Å². The average Bonchev–Trinajstić information content (AvgIpc) is 2.84. The third kappa shape index (κ3) is 3.05. The molecule has 2 rings (SSSR count). The van der Waals surface area contributed by atoms with Gasteiger partial charge in [0.1, 0.15) is 0 Å². The van der Waals surface area contributed by atoms with Crippen LogP contribution in [-0.2, 0) is 6.54 Å². The van der Waals surface area contributed by atoms with Crippen molar-refractivity contribution in [3.05, 3.63) is 43.7 Å². The second kappa shape index (κ2) is 5.12. The molecule has 1 N–H and O–H groups in total. The van der Waals surface area contributed by atoms with Crippen LogP contribution in [0.15, 0.2) is 29.0 Å². The van der Waals surface area contributed by atoms with Gasteiger partial charge in [0.25, 0.3) is 0 Å². The highest BCUT2D eigenvalue weighted by Gasteiger charge is 2.06. The summed E-state index contributed by atoms with van der Waals surface area (Å²) in [4.78, 5) is 2.65. The molecule has 0 spiro atoms. The minimum absolute atomic E-state index is 0.408. The van der Waals surface area contributed by atoms with E-state index in [1.807, 2.05) is 11.4 Å². The van der Waals surface area contributed by atoms with Gasteiger partial charge in [-0.3, -0.25) is 0 Å². The molecular formula is C11H12ClNS2. The van der Waals surface area contributed by atoms with Gasteiger partial charge in [0, 0.05) is 27.7 Å². The molecule has 0 bridgehead atoms. The summed E-state index contributed by atoms with van der Waals surface area (Å²) in [5.41, 5.74) is 0. The molecule has 0 aliphatic heterocycles. The molecule has 0 unspecified atom stereocenters. The van der Waals surface area contributed by atoms with Gasteiger partial charge in [-0.2, -0.15) is 0 Å². The maximum Gasteiger partial charge on any atom is 0.0516 e. The monoisotopic (exact) mass is 257 g/mol. The van der Waals surface area contributed by atoms with Crippen LogP contribution in [0.25, 0.3) is 0 Å². The highest BCUT2D eigenvalue weighted by Crippen LogP contribution is 2.21. The van der Waals surface area contributed by atoms with Crippen molar-refractivity contribution in [3.8, 4) is 0 Å². The number of halogens is 1. The van der Waals surface area contributed by atoms with E-state index in [0.717, 1.165) is 11.6 Å². The van der Waals surface area contributed by atoms with Crippen LogP contribution < -0.4 is 5.32 Å². The van der Waals surface area contributed by atoms with E-state index in [4.69, 9.17) is 11.6 Å². The van der Waals surface area contributed by atoms with Gasteiger partial charge in [0.2, 0.25) is 0 Å². The van der Waals surface area contributed by atoms with Crippen LogP contribution in [0, 0.1) is 0 Å². The molecule has 80 valence electrons. The van der Waals surface area contributed by atoms with E-state index >= 15 is 0 Å². The van der Waals surface area contributed by atoms with Crippen LogP contribution in [0.4, 0.5) is 0 Å². The van der Waals surface area contributed by atoms with Gasteiger partial charge in [0.15, 0.2) is 0 Å². The molecule has 0 saturated heterocycles. The van der Waals surface area contributed by atoms with E-state index in [-0.39, 0.29) is 0 Å². The van der Waals surface area contributed by atoms with Crippen molar-refractivity contribution in [2.45, 2.75) is 19.5 Å². The minimum Gasteiger partial charge on any atom is -0.305 e. The maximum atomic E-state index is 5.86. The molecule has 0 radical (unpaired) electrons. The van der Waals surface area contributed by atoms with Gasteiger partial charge < -0.3 is 5.32 Å². The number of hydrogen-bond donors (Lipinski definition) is 1. The van der Waals surface area contributed by atoms with Gasteiger partial charge in [-0.25, -0.2) is 0 Å².